The average molecular weight is 255 g/mol. The highest BCUT2D eigenvalue weighted by Crippen LogP contribution is 2.16. The number of fused-ring (bicyclic) bond motifs is 1. The molecule has 0 atom stereocenters. The summed E-state index contributed by atoms with van der Waals surface area (Å²) in [6, 6.07) is 9.98. The second-order valence-electron chi connectivity index (χ2n) is 3.89. The fourth-order valence-electron chi connectivity index (χ4n) is 1.72. The number of oxazole rings is 1. The quantitative estimate of drug-likeness (QED) is 0.730. The number of H-pyrrole nitrogens is 1. The zero-order chi connectivity index (χ0) is 13.2. The number of benzene rings is 1. The van der Waals surface area contributed by atoms with Crippen molar-refractivity contribution >= 4 is 22.7 Å². The lowest BCUT2D eigenvalue weighted by Gasteiger charge is -2.03. The van der Waals surface area contributed by atoms with E-state index in [2.05, 4.69) is 15.3 Å². The Bertz CT molecular complexity index is 790. The second-order valence-corrected chi connectivity index (χ2v) is 3.89. The lowest BCUT2D eigenvalue weighted by Crippen LogP contribution is -2.13. The number of nitrogens with zero attached hydrogens (tertiary/aromatic N) is 1. The molecule has 94 valence electrons. The van der Waals surface area contributed by atoms with Crippen LogP contribution in [0, 0.1) is 0 Å². The van der Waals surface area contributed by atoms with Gasteiger partial charge in [0.15, 0.2) is 5.58 Å². The van der Waals surface area contributed by atoms with Gasteiger partial charge in [-0.25, -0.2) is 4.79 Å². The van der Waals surface area contributed by atoms with Crippen LogP contribution >= 0.6 is 0 Å². The molecule has 6 heteroatoms. The van der Waals surface area contributed by atoms with E-state index in [1.807, 2.05) is 0 Å². The summed E-state index contributed by atoms with van der Waals surface area (Å²) in [7, 11) is 0. The Kier molecular flexibility index (Phi) is 2.60. The summed E-state index contributed by atoms with van der Waals surface area (Å²) in [6.07, 6.45) is 1.55. The molecule has 0 spiro atoms. The molecule has 0 aliphatic carbocycles. The highest BCUT2D eigenvalue weighted by Gasteiger charge is 2.08. The molecule has 0 aliphatic rings. The third kappa shape index (κ3) is 2.23. The Labute approximate surface area is 107 Å². The van der Waals surface area contributed by atoms with Gasteiger partial charge < -0.3 is 9.73 Å². The fraction of sp³-hybridized carbons (Fsp3) is 0. The third-order valence-electron chi connectivity index (χ3n) is 2.57. The van der Waals surface area contributed by atoms with E-state index < -0.39 is 5.76 Å². The normalized spacial score (nSPS) is 10.5. The molecule has 0 bridgehead atoms. The molecule has 0 radical (unpaired) electrons. The minimum Gasteiger partial charge on any atom is -0.408 e. The van der Waals surface area contributed by atoms with Crippen molar-refractivity contribution < 1.29 is 9.21 Å². The maximum absolute atomic E-state index is 11.9. The molecule has 0 unspecified atom stereocenters. The summed E-state index contributed by atoms with van der Waals surface area (Å²) in [5.74, 6) is -0.839. The van der Waals surface area contributed by atoms with Crippen molar-refractivity contribution in [2.45, 2.75) is 0 Å². The van der Waals surface area contributed by atoms with E-state index >= 15 is 0 Å². The molecule has 2 aromatic heterocycles. The van der Waals surface area contributed by atoms with Gasteiger partial charge in [0.25, 0.3) is 5.91 Å². The number of aromatic nitrogens is 2. The highest BCUT2D eigenvalue weighted by molar-refractivity contribution is 6.03. The Morgan fingerprint density at radius 3 is 2.95 bits per heavy atom. The molecule has 0 saturated carbocycles. The van der Waals surface area contributed by atoms with E-state index in [-0.39, 0.29) is 5.91 Å². The highest BCUT2D eigenvalue weighted by atomic mass is 16.4. The number of carbonyl (C=O) groups is 1. The van der Waals surface area contributed by atoms with Crippen LogP contribution < -0.4 is 11.1 Å². The predicted octanol–water partition coefficient (Wildman–Crippen LogP) is 1.77. The number of aromatic amines is 1. The molecule has 3 aromatic rings. The first-order valence-electron chi connectivity index (χ1n) is 5.58. The fourth-order valence-corrected chi connectivity index (χ4v) is 1.72. The first-order valence-corrected chi connectivity index (χ1v) is 5.58. The maximum Gasteiger partial charge on any atom is 0.417 e. The van der Waals surface area contributed by atoms with Gasteiger partial charge >= 0.3 is 5.76 Å². The van der Waals surface area contributed by atoms with Crippen molar-refractivity contribution in [2.24, 2.45) is 0 Å². The van der Waals surface area contributed by atoms with Crippen LogP contribution in [0.25, 0.3) is 11.1 Å². The molecule has 19 heavy (non-hydrogen) atoms. The molecule has 0 saturated heterocycles. The van der Waals surface area contributed by atoms with E-state index in [1.165, 1.54) is 0 Å². The first-order chi connectivity index (χ1) is 9.22. The predicted molar refractivity (Wildman–Crippen MR) is 69.0 cm³/mol. The number of hydrogen-bond donors (Lipinski definition) is 2. The van der Waals surface area contributed by atoms with E-state index in [0.717, 1.165) is 0 Å². The number of rotatable bonds is 2. The zero-order valence-electron chi connectivity index (χ0n) is 9.71. The van der Waals surface area contributed by atoms with Crippen LogP contribution in [0.15, 0.2) is 51.8 Å². The van der Waals surface area contributed by atoms with Crippen molar-refractivity contribution in [1.82, 2.24) is 9.97 Å². The number of hydrogen-bond acceptors (Lipinski definition) is 4. The molecule has 1 aromatic carbocycles. The summed E-state index contributed by atoms with van der Waals surface area (Å²) >= 11 is 0. The Morgan fingerprint density at radius 1 is 1.26 bits per heavy atom. The summed E-state index contributed by atoms with van der Waals surface area (Å²) in [6.45, 7) is 0. The van der Waals surface area contributed by atoms with Gasteiger partial charge in [0.1, 0.15) is 5.69 Å². The van der Waals surface area contributed by atoms with Gasteiger partial charge in [-0.2, -0.15) is 0 Å². The van der Waals surface area contributed by atoms with Crippen LogP contribution in [0.5, 0.6) is 0 Å². The molecular weight excluding hydrogens is 246 g/mol. The molecule has 2 heterocycles. The van der Waals surface area contributed by atoms with Crippen LogP contribution in [0.4, 0.5) is 5.69 Å². The third-order valence-corrected chi connectivity index (χ3v) is 2.57. The van der Waals surface area contributed by atoms with Crippen molar-refractivity contribution in [1.29, 1.82) is 0 Å². The summed E-state index contributed by atoms with van der Waals surface area (Å²) in [5, 5.41) is 2.69. The number of pyridine rings is 1. The SMILES string of the molecule is O=C(Nc1ccc2oc(=O)[nH]c2c1)c1ccccn1. The topological polar surface area (TPSA) is 88.0 Å². The Balaban J connectivity index is 1.89. The zero-order valence-corrected chi connectivity index (χ0v) is 9.71. The van der Waals surface area contributed by atoms with Crippen molar-refractivity contribution in [3.63, 3.8) is 0 Å². The number of anilines is 1. The molecule has 6 nitrogen and oxygen atoms in total. The first kappa shape index (κ1) is 11.2. The standard InChI is InChI=1S/C13H9N3O3/c17-12(9-3-1-2-6-14-9)15-8-4-5-11-10(7-8)16-13(18)19-11/h1-7H,(H,15,17)(H,16,18). The van der Waals surface area contributed by atoms with Gasteiger partial charge in [0.05, 0.1) is 5.52 Å². The molecule has 2 N–H and O–H groups in total. The van der Waals surface area contributed by atoms with Crippen molar-refractivity contribution in [2.75, 3.05) is 5.32 Å². The largest absolute Gasteiger partial charge is 0.417 e. The van der Waals surface area contributed by atoms with Crippen LogP contribution in [-0.4, -0.2) is 15.9 Å². The lowest BCUT2D eigenvalue weighted by molar-refractivity contribution is 0.102. The van der Waals surface area contributed by atoms with Crippen molar-refractivity contribution in [3.8, 4) is 0 Å². The lowest BCUT2D eigenvalue weighted by atomic mass is 10.2. The molecule has 1 amide bonds. The average Bonchev–Trinajstić information content (AvgIpc) is 2.79. The maximum atomic E-state index is 11.9. The van der Waals surface area contributed by atoms with Gasteiger partial charge in [0, 0.05) is 11.9 Å². The monoisotopic (exact) mass is 255 g/mol. The van der Waals surface area contributed by atoms with E-state index in [0.29, 0.717) is 22.5 Å². The number of amides is 1. The second kappa shape index (κ2) is 4.41. The van der Waals surface area contributed by atoms with Gasteiger partial charge in [-0.1, -0.05) is 6.07 Å². The number of nitrogens with one attached hydrogen (secondary N) is 2. The van der Waals surface area contributed by atoms with Crippen LogP contribution in [0.2, 0.25) is 0 Å². The molecule has 0 aliphatic heterocycles. The van der Waals surface area contributed by atoms with Gasteiger partial charge in [-0.05, 0) is 30.3 Å². The minimum atomic E-state index is -0.525. The summed E-state index contributed by atoms with van der Waals surface area (Å²) in [5.41, 5.74) is 1.85. The van der Waals surface area contributed by atoms with Crippen molar-refractivity contribution in [3.05, 3.63) is 58.8 Å². The minimum absolute atomic E-state index is 0.314. The Hall–Kier alpha value is -2.89. The van der Waals surface area contributed by atoms with E-state index in [1.54, 1.807) is 42.6 Å². The summed E-state index contributed by atoms with van der Waals surface area (Å²) in [4.78, 5) is 29.4. The van der Waals surface area contributed by atoms with Gasteiger partial charge in [0.2, 0.25) is 0 Å². The Morgan fingerprint density at radius 2 is 2.16 bits per heavy atom. The van der Waals surface area contributed by atoms with Crippen LogP contribution in [-0.2, 0) is 0 Å². The van der Waals surface area contributed by atoms with Gasteiger partial charge in [-0.15, -0.1) is 0 Å². The molecule has 0 fully saturated rings. The molecule has 3 rings (SSSR count). The summed E-state index contributed by atoms with van der Waals surface area (Å²) < 4.78 is 4.88. The van der Waals surface area contributed by atoms with Crippen LogP contribution in [0.1, 0.15) is 10.5 Å². The molecular formula is C13H9N3O3. The number of carbonyl (C=O) groups excluding carboxylic acids is 1. The van der Waals surface area contributed by atoms with Gasteiger partial charge in [-0.3, -0.25) is 14.8 Å². The smallest absolute Gasteiger partial charge is 0.408 e. The van der Waals surface area contributed by atoms with E-state index in [9.17, 15) is 9.59 Å². The van der Waals surface area contributed by atoms with E-state index in [4.69, 9.17) is 4.42 Å². The van der Waals surface area contributed by atoms with Crippen LogP contribution in [0.3, 0.4) is 0 Å².